The molecule has 3 N–H and O–H groups in total. The van der Waals surface area contributed by atoms with Crippen molar-refractivity contribution in [1.29, 1.82) is 0 Å². The summed E-state index contributed by atoms with van der Waals surface area (Å²) in [5, 5.41) is 2.74. The number of para-hydroxylation sites is 2. The van der Waals surface area contributed by atoms with E-state index in [-0.39, 0.29) is 50.8 Å². The summed E-state index contributed by atoms with van der Waals surface area (Å²) in [6.07, 6.45) is -0.338. The minimum absolute atomic E-state index is 0.0478. The number of rotatable bonds is 10. The van der Waals surface area contributed by atoms with E-state index < -0.39 is 11.8 Å². The molecule has 1 heterocycles. The zero-order valence-electron chi connectivity index (χ0n) is 20.6. The van der Waals surface area contributed by atoms with Crippen molar-refractivity contribution in [2.75, 3.05) is 11.7 Å². The van der Waals surface area contributed by atoms with Crippen LogP contribution in [-0.2, 0) is 25.7 Å². The molecule has 10 heteroatoms. The van der Waals surface area contributed by atoms with Crippen molar-refractivity contribution in [2.24, 2.45) is 0 Å². The molecular formula is C28H28N4O6. The van der Waals surface area contributed by atoms with Crippen molar-refractivity contribution in [3.63, 3.8) is 0 Å². The summed E-state index contributed by atoms with van der Waals surface area (Å²) in [4.78, 5) is 50.9. The van der Waals surface area contributed by atoms with Gasteiger partial charge in [-0.2, -0.15) is 0 Å². The molecule has 10 nitrogen and oxygen atoms in total. The van der Waals surface area contributed by atoms with Gasteiger partial charge < -0.3 is 14.8 Å². The van der Waals surface area contributed by atoms with Gasteiger partial charge in [0.2, 0.25) is 30.4 Å². The third kappa shape index (κ3) is 7.33. The largest absolute Gasteiger partial charge is 0.454 e. The summed E-state index contributed by atoms with van der Waals surface area (Å²) in [6.45, 7) is 0.456. The number of fused-ring (bicyclic) bond motifs is 1. The SMILES string of the molecule is O=C(CCC(=O)NNC(=O)CCC(=O)N(c1ccccc1)c1ccccc1)NCc1ccc2c(c1)OCO2. The molecule has 38 heavy (non-hydrogen) atoms. The third-order valence-corrected chi connectivity index (χ3v) is 5.69. The van der Waals surface area contributed by atoms with Gasteiger partial charge in [0.05, 0.1) is 0 Å². The average molecular weight is 517 g/mol. The molecule has 0 radical (unpaired) electrons. The van der Waals surface area contributed by atoms with Crippen LogP contribution in [0.15, 0.2) is 78.9 Å². The van der Waals surface area contributed by atoms with Gasteiger partial charge in [0.1, 0.15) is 0 Å². The summed E-state index contributed by atoms with van der Waals surface area (Å²) in [6, 6.07) is 23.7. The molecule has 3 aromatic carbocycles. The molecule has 0 aliphatic carbocycles. The fourth-order valence-electron chi connectivity index (χ4n) is 3.75. The molecule has 0 bridgehead atoms. The van der Waals surface area contributed by atoms with Crippen molar-refractivity contribution < 1.29 is 28.7 Å². The van der Waals surface area contributed by atoms with Crippen molar-refractivity contribution in [3.05, 3.63) is 84.4 Å². The van der Waals surface area contributed by atoms with Crippen LogP contribution in [0.2, 0.25) is 0 Å². The van der Waals surface area contributed by atoms with Gasteiger partial charge in [-0.3, -0.25) is 34.9 Å². The number of hydrogen-bond donors (Lipinski definition) is 3. The summed E-state index contributed by atoms with van der Waals surface area (Å²) in [5.74, 6) is -0.313. The molecule has 1 aliphatic heterocycles. The van der Waals surface area contributed by atoms with Gasteiger partial charge in [-0.15, -0.1) is 0 Å². The molecule has 0 saturated carbocycles. The lowest BCUT2D eigenvalue weighted by atomic mass is 10.2. The monoisotopic (exact) mass is 516 g/mol. The molecule has 3 aromatic rings. The van der Waals surface area contributed by atoms with Gasteiger partial charge in [0, 0.05) is 43.6 Å². The lowest BCUT2D eigenvalue weighted by molar-refractivity contribution is -0.131. The molecule has 1 aliphatic rings. The second kappa shape index (κ2) is 12.9. The van der Waals surface area contributed by atoms with Crippen molar-refractivity contribution in [1.82, 2.24) is 16.2 Å². The Morgan fingerprint density at radius 3 is 1.84 bits per heavy atom. The van der Waals surface area contributed by atoms with Crippen molar-refractivity contribution in [3.8, 4) is 11.5 Å². The van der Waals surface area contributed by atoms with Crippen LogP contribution in [0.4, 0.5) is 11.4 Å². The zero-order chi connectivity index (χ0) is 26.7. The standard InChI is InChI=1S/C28H28N4O6/c33-25(29-18-20-11-12-23-24(17-20)38-19-37-23)13-14-26(34)30-31-27(35)15-16-28(36)32(21-7-3-1-4-8-21)22-9-5-2-6-10-22/h1-12,17H,13-16,18-19H2,(H,29,33)(H,30,34)(H,31,35). The second-order valence-electron chi connectivity index (χ2n) is 8.46. The Bertz CT molecular complexity index is 1240. The zero-order valence-corrected chi connectivity index (χ0v) is 20.6. The van der Waals surface area contributed by atoms with E-state index >= 15 is 0 Å². The Kier molecular flexibility index (Phi) is 8.90. The molecule has 0 spiro atoms. The Morgan fingerprint density at radius 2 is 1.21 bits per heavy atom. The van der Waals surface area contributed by atoms with Gasteiger partial charge in [-0.1, -0.05) is 42.5 Å². The maximum absolute atomic E-state index is 13.0. The Balaban J connectivity index is 1.16. The number of ether oxygens (including phenoxy) is 2. The van der Waals surface area contributed by atoms with Gasteiger partial charge >= 0.3 is 0 Å². The van der Waals surface area contributed by atoms with Crippen molar-refractivity contribution in [2.45, 2.75) is 32.2 Å². The average Bonchev–Trinajstić information content (AvgIpc) is 3.42. The fourth-order valence-corrected chi connectivity index (χ4v) is 3.75. The molecule has 4 amide bonds. The number of hydrazine groups is 1. The predicted octanol–water partition coefficient (Wildman–Crippen LogP) is 3.10. The van der Waals surface area contributed by atoms with E-state index in [1.807, 2.05) is 66.7 Å². The lowest BCUT2D eigenvalue weighted by Crippen LogP contribution is -2.42. The van der Waals surface area contributed by atoms with Crippen LogP contribution >= 0.6 is 0 Å². The van der Waals surface area contributed by atoms with Crippen LogP contribution in [0.25, 0.3) is 0 Å². The maximum atomic E-state index is 13.0. The third-order valence-electron chi connectivity index (χ3n) is 5.69. The topological polar surface area (TPSA) is 126 Å². The van der Waals surface area contributed by atoms with E-state index in [4.69, 9.17) is 9.47 Å². The Hall–Kier alpha value is -4.86. The van der Waals surface area contributed by atoms with E-state index in [1.165, 1.54) is 0 Å². The Morgan fingerprint density at radius 1 is 0.658 bits per heavy atom. The molecule has 0 aromatic heterocycles. The van der Waals surface area contributed by atoms with Gasteiger partial charge in [-0.05, 0) is 42.0 Å². The first-order chi connectivity index (χ1) is 18.5. The first-order valence-electron chi connectivity index (χ1n) is 12.2. The summed E-state index contributed by atoms with van der Waals surface area (Å²) < 4.78 is 10.6. The maximum Gasteiger partial charge on any atom is 0.238 e. The fraction of sp³-hybridized carbons (Fsp3) is 0.214. The van der Waals surface area contributed by atoms with Crippen LogP contribution in [0.1, 0.15) is 31.2 Å². The number of anilines is 2. The van der Waals surface area contributed by atoms with E-state index in [9.17, 15) is 19.2 Å². The first kappa shape index (κ1) is 26.2. The molecule has 0 atom stereocenters. The normalized spacial score (nSPS) is 11.4. The van der Waals surface area contributed by atoms with Gasteiger partial charge in [0.15, 0.2) is 11.5 Å². The van der Waals surface area contributed by atoms with Crippen LogP contribution in [0.3, 0.4) is 0 Å². The molecular weight excluding hydrogens is 488 g/mol. The van der Waals surface area contributed by atoms with Crippen LogP contribution in [-0.4, -0.2) is 30.4 Å². The Labute approximate surface area is 219 Å². The highest BCUT2D eigenvalue weighted by atomic mass is 16.7. The van der Waals surface area contributed by atoms with E-state index in [2.05, 4.69) is 16.2 Å². The highest BCUT2D eigenvalue weighted by molar-refractivity contribution is 6.01. The number of nitrogens with zero attached hydrogens (tertiary/aromatic N) is 1. The number of hydrogen-bond acceptors (Lipinski definition) is 6. The number of amides is 4. The van der Waals surface area contributed by atoms with Crippen LogP contribution in [0, 0.1) is 0 Å². The summed E-state index contributed by atoms with van der Waals surface area (Å²) in [7, 11) is 0. The molecule has 0 unspecified atom stereocenters. The van der Waals surface area contributed by atoms with E-state index in [0.717, 1.165) is 5.56 Å². The summed E-state index contributed by atoms with van der Waals surface area (Å²) in [5.41, 5.74) is 6.80. The molecule has 0 fully saturated rings. The predicted molar refractivity (Wildman–Crippen MR) is 139 cm³/mol. The van der Waals surface area contributed by atoms with E-state index in [0.29, 0.717) is 22.9 Å². The number of nitrogens with one attached hydrogen (secondary N) is 3. The molecule has 4 rings (SSSR count). The minimum Gasteiger partial charge on any atom is -0.454 e. The van der Waals surface area contributed by atoms with Crippen molar-refractivity contribution >= 4 is 35.0 Å². The number of carbonyl (C=O) groups is 4. The number of carbonyl (C=O) groups excluding carboxylic acids is 4. The van der Waals surface area contributed by atoms with Gasteiger partial charge in [0.25, 0.3) is 0 Å². The molecule has 196 valence electrons. The molecule has 0 saturated heterocycles. The first-order valence-corrected chi connectivity index (χ1v) is 12.2. The number of benzene rings is 3. The smallest absolute Gasteiger partial charge is 0.238 e. The van der Waals surface area contributed by atoms with E-state index in [1.54, 1.807) is 17.0 Å². The van der Waals surface area contributed by atoms with Crippen LogP contribution < -0.4 is 30.5 Å². The highest BCUT2D eigenvalue weighted by Crippen LogP contribution is 2.32. The summed E-state index contributed by atoms with van der Waals surface area (Å²) >= 11 is 0. The lowest BCUT2D eigenvalue weighted by Gasteiger charge is -2.23. The van der Waals surface area contributed by atoms with Crippen LogP contribution in [0.5, 0.6) is 11.5 Å². The minimum atomic E-state index is -0.516. The van der Waals surface area contributed by atoms with Gasteiger partial charge in [-0.25, -0.2) is 0 Å². The highest BCUT2D eigenvalue weighted by Gasteiger charge is 2.19. The second-order valence-corrected chi connectivity index (χ2v) is 8.46. The quantitative estimate of drug-likeness (QED) is 0.356.